The number of hydrogen-bond donors (Lipinski definition) is 4. The van der Waals surface area contributed by atoms with Crippen LogP contribution in [0.15, 0.2) is 0 Å². The quantitative estimate of drug-likeness (QED) is 0.167. The number of aliphatic carboxylic acids is 1. The second-order valence-electron chi connectivity index (χ2n) is 9.39. The summed E-state index contributed by atoms with van der Waals surface area (Å²) in [6.07, 6.45) is 16.8. The van der Waals surface area contributed by atoms with E-state index in [2.05, 4.69) is 19.2 Å². The Morgan fingerprint density at radius 3 is 1.24 bits per heavy atom. The Labute approximate surface area is 180 Å². The first-order valence-electron chi connectivity index (χ1n) is 11.9. The molecule has 0 aliphatic heterocycles. The number of rotatable bonds is 17. The summed E-state index contributed by atoms with van der Waals surface area (Å²) in [6.45, 7) is 10.7. The van der Waals surface area contributed by atoms with Crippen LogP contribution in [0.3, 0.4) is 0 Å². The molecule has 0 rings (SSSR count). The van der Waals surface area contributed by atoms with Gasteiger partial charge in [0.05, 0.1) is 5.92 Å². The van der Waals surface area contributed by atoms with Crippen LogP contribution in [-0.2, 0) is 4.79 Å². The zero-order valence-corrected chi connectivity index (χ0v) is 20.2. The van der Waals surface area contributed by atoms with Gasteiger partial charge < -0.3 is 15.3 Å². The summed E-state index contributed by atoms with van der Waals surface area (Å²) in [6, 6.07) is 0. The van der Waals surface area contributed by atoms with Gasteiger partial charge in [-0.1, -0.05) is 90.9 Å². The van der Waals surface area contributed by atoms with Crippen LogP contribution in [0.25, 0.3) is 0 Å². The van der Waals surface area contributed by atoms with E-state index in [0.29, 0.717) is 0 Å². The lowest BCUT2D eigenvalue weighted by Crippen LogP contribution is -2.51. The van der Waals surface area contributed by atoms with E-state index in [1.807, 2.05) is 0 Å². The Hall–Kier alpha value is -0.650. The van der Waals surface area contributed by atoms with Crippen molar-refractivity contribution in [3.05, 3.63) is 0 Å². The van der Waals surface area contributed by atoms with Gasteiger partial charge in [-0.15, -0.1) is 0 Å². The molecule has 5 heteroatoms. The number of unbranched alkanes of at least 4 members (excludes halogenated alkanes) is 10. The monoisotopic (exact) mass is 417 g/mol. The SMILES string of the molecule is CC(C)(O)NC(C)(C)O.CCCCCCCCCC(CCCCCCC)C(=O)O. The molecular weight excluding hydrogens is 366 g/mol. The number of aliphatic hydroxyl groups is 2. The van der Waals surface area contributed by atoms with Crippen LogP contribution in [0, 0.1) is 5.92 Å². The molecular formula is C24H51NO4. The molecule has 0 bridgehead atoms. The molecule has 0 aromatic carbocycles. The second-order valence-corrected chi connectivity index (χ2v) is 9.39. The summed E-state index contributed by atoms with van der Waals surface area (Å²) >= 11 is 0. The molecule has 4 N–H and O–H groups in total. The maximum atomic E-state index is 11.2. The predicted molar refractivity (Wildman–Crippen MR) is 123 cm³/mol. The van der Waals surface area contributed by atoms with Gasteiger partial charge in [-0.2, -0.15) is 0 Å². The van der Waals surface area contributed by atoms with E-state index in [1.54, 1.807) is 27.7 Å². The van der Waals surface area contributed by atoms with Gasteiger partial charge in [0, 0.05) is 0 Å². The number of nitrogens with one attached hydrogen (secondary N) is 1. The number of carboxylic acids is 1. The molecule has 29 heavy (non-hydrogen) atoms. The van der Waals surface area contributed by atoms with Crippen molar-refractivity contribution in [2.45, 2.75) is 143 Å². The van der Waals surface area contributed by atoms with E-state index < -0.39 is 17.4 Å². The Morgan fingerprint density at radius 1 is 0.690 bits per heavy atom. The molecule has 0 spiro atoms. The molecule has 0 saturated heterocycles. The fourth-order valence-electron chi connectivity index (χ4n) is 3.48. The Kier molecular flexibility index (Phi) is 19.1. The van der Waals surface area contributed by atoms with Crippen molar-refractivity contribution in [1.29, 1.82) is 0 Å². The average molecular weight is 418 g/mol. The zero-order valence-electron chi connectivity index (χ0n) is 20.2. The van der Waals surface area contributed by atoms with Gasteiger partial charge in [0.15, 0.2) is 0 Å². The van der Waals surface area contributed by atoms with Crippen molar-refractivity contribution in [1.82, 2.24) is 5.32 Å². The standard InChI is InChI=1S/C18H36O2.C6H15NO2/c1-3-5-7-9-10-12-14-16-17(18(19)20)15-13-11-8-6-4-2;1-5(2,8)7-6(3,4)9/h17H,3-16H2,1-2H3,(H,19,20);7-9H,1-4H3. The van der Waals surface area contributed by atoms with Crippen molar-refractivity contribution in [2.75, 3.05) is 0 Å². The Balaban J connectivity index is 0. The Morgan fingerprint density at radius 2 is 1.00 bits per heavy atom. The van der Waals surface area contributed by atoms with Crippen molar-refractivity contribution in [3.8, 4) is 0 Å². The number of carboxylic acid groups (broad SMARTS) is 1. The Bertz CT molecular complexity index is 360. The van der Waals surface area contributed by atoms with E-state index in [1.165, 1.54) is 64.2 Å². The van der Waals surface area contributed by atoms with Crippen molar-refractivity contribution < 1.29 is 20.1 Å². The van der Waals surface area contributed by atoms with Gasteiger partial charge >= 0.3 is 5.97 Å². The molecule has 1 unspecified atom stereocenters. The normalized spacial score (nSPS) is 13.0. The highest BCUT2D eigenvalue weighted by molar-refractivity contribution is 5.69. The molecule has 0 aliphatic rings. The predicted octanol–water partition coefficient (Wildman–Crippen LogP) is 6.22. The molecule has 0 aliphatic carbocycles. The first-order valence-corrected chi connectivity index (χ1v) is 11.9. The minimum absolute atomic E-state index is 0.0905. The van der Waals surface area contributed by atoms with Crippen LogP contribution in [-0.4, -0.2) is 32.7 Å². The van der Waals surface area contributed by atoms with Crippen molar-refractivity contribution >= 4 is 5.97 Å². The molecule has 0 amide bonds. The van der Waals surface area contributed by atoms with E-state index in [-0.39, 0.29) is 5.92 Å². The van der Waals surface area contributed by atoms with Gasteiger partial charge in [-0.3, -0.25) is 10.1 Å². The van der Waals surface area contributed by atoms with E-state index in [9.17, 15) is 9.90 Å². The van der Waals surface area contributed by atoms with Gasteiger partial charge in [0.25, 0.3) is 0 Å². The summed E-state index contributed by atoms with van der Waals surface area (Å²) in [5.41, 5.74) is -2.03. The molecule has 5 nitrogen and oxygen atoms in total. The lowest BCUT2D eigenvalue weighted by atomic mass is 9.94. The molecule has 0 radical (unpaired) electrons. The molecule has 0 heterocycles. The summed E-state index contributed by atoms with van der Waals surface area (Å²) in [5.74, 6) is -0.668. The smallest absolute Gasteiger partial charge is 0.306 e. The largest absolute Gasteiger partial charge is 0.481 e. The minimum atomic E-state index is -1.02. The highest BCUT2D eigenvalue weighted by Crippen LogP contribution is 2.19. The lowest BCUT2D eigenvalue weighted by molar-refractivity contribution is -0.142. The zero-order chi connectivity index (χ0) is 22.8. The van der Waals surface area contributed by atoms with E-state index >= 15 is 0 Å². The van der Waals surface area contributed by atoms with Gasteiger partial charge in [-0.25, -0.2) is 0 Å². The first-order chi connectivity index (χ1) is 13.4. The van der Waals surface area contributed by atoms with Crippen LogP contribution < -0.4 is 5.32 Å². The lowest BCUT2D eigenvalue weighted by Gasteiger charge is -2.28. The van der Waals surface area contributed by atoms with Gasteiger partial charge in [0.1, 0.15) is 11.4 Å². The third kappa shape index (κ3) is 27.4. The summed E-state index contributed by atoms with van der Waals surface area (Å²) in [7, 11) is 0. The summed E-state index contributed by atoms with van der Waals surface area (Å²) in [5, 5.41) is 30.0. The van der Waals surface area contributed by atoms with Crippen molar-refractivity contribution in [3.63, 3.8) is 0 Å². The highest BCUT2D eigenvalue weighted by Gasteiger charge is 2.21. The van der Waals surface area contributed by atoms with Gasteiger partial charge in [-0.05, 0) is 40.5 Å². The molecule has 176 valence electrons. The second kappa shape index (κ2) is 18.1. The average Bonchev–Trinajstić information content (AvgIpc) is 2.56. The third-order valence-electron chi connectivity index (χ3n) is 4.77. The fourth-order valence-corrected chi connectivity index (χ4v) is 3.48. The topological polar surface area (TPSA) is 89.8 Å². The maximum Gasteiger partial charge on any atom is 0.306 e. The van der Waals surface area contributed by atoms with Crippen LogP contribution in [0.1, 0.15) is 131 Å². The molecule has 1 atom stereocenters. The van der Waals surface area contributed by atoms with Crippen molar-refractivity contribution in [2.24, 2.45) is 5.92 Å². The number of carbonyl (C=O) groups is 1. The van der Waals surface area contributed by atoms with Crippen LogP contribution in [0.4, 0.5) is 0 Å². The van der Waals surface area contributed by atoms with Crippen LogP contribution >= 0.6 is 0 Å². The van der Waals surface area contributed by atoms with E-state index in [4.69, 9.17) is 10.2 Å². The molecule has 0 aromatic heterocycles. The third-order valence-corrected chi connectivity index (χ3v) is 4.77. The molecule has 0 fully saturated rings. The van der Waals surface area contributed by atoms with Crippen LogP contribution in [0.5, 0.6) is 0 Å². The fraction of sp³-hybridized carbons (Fsp3) is 0.958. The molecule has 0 saturated carbocycles. The molecule has 0 aromatic rings. The summed E-state index contributed by atoms with van der Waals surface area (Å²) < 4.78 is 0. The minimum Gasteiger partial charge on any atom is -0.481 e. The van der Waals surface area contributed by atoms with E-state index in [0.717, 1.165) is 25.7 Å². The van der Waals surface area contributed by atoms with Crippen LogP contribution in [0.2, 0.25) is 0 Å². The highest BCUT2D eigenvalue weighted by atomic mass is 16.4. The number of hydrogen-bond acceptors (Lipinski definition) is 4. The summed E-state index contributed by atoms with van der Waals surface area (Å²) in [4.78, 5) is 11.2. The first kappa shape index (κ1) is 30.5. The van der Waals surface area contributed by atoms with Gasteiger partial charge in [0.2, 0.25) is 0 Å². The maximum absolute atomic E-state index is 11.2.